The van der Waals surface area contributed by atoms with E-state index >= 15 is 0 Å². The number of aliphatic hydroxyl groups excluding tert-OH is 1. The molecule has 0 amide bonds. The van der Waals surface area contributed by atoms with E-state index in [0.29, 0.717) is 36.9 Å². The van der Waals surface area contributed by atoms with Crippen molar-refractivity contribution in [1.29, 1.82) is 0 Å². The maximum absolute atomic E-state index is 13.4. The van der Waals surface area contributed by atoms with E-state index in [0.717, 1.165) is 21.9 Å². The number of aliphatic hydroxyl groups is 1. The van der Waals surface area contributed by atoms with Crippen LogP contribution in [0.5, 0.6) is 5.88 Å². The predicted octanol–water partition coefficient (Wildman–Crippen LogP) is 3.53. The molecular weight excluding hydrogens is 444 g/mol. The maximum Gasteiger partial charge on any atom is 0.388 e. The van der Waals surface area contributed by atoms with Crippen LogP contribution >= 0.6 is 0 Å². The van der Waals surface area contributed by atoms with Gasteiger partial charge in [-0.2, -0.15) is 8.78 Å². The fraction of sp³-hybridized carbons (Fsp3) is 0.320. The van der Waals surface area contributed by atoms with Crippen LogP contribution in [0.2, 0.25) is 0 Å². The summed E-state index contributed by atoms with van der Waals surface area (Å²) in [6.07, 6.45) is 3.54. The molecule has 3 heterocycles. The van der Waals surface area contributed by atoms with Gasteiger partial charge in [0.05, 0.1) is 29.9 Å². The Hall–Kier alpha value is -3.43. The van der Waals surface area contributed by atoms with Gasteiger partial charge in [-0.15, -0.1) is 0 Å². The lowest BCUT2D eigenvalue weighted by Gasteiger charge is -2.28. The Balaban J connectivity index is 1.54. The van der Waals surface area contributed by atoms with Gasteiger partial charge in [-0.3, -0.25) is 9.36 Å². The van der Waals surface area contributed by atoms with E-state index in [1.807, 2.05) is 30.3 Å². The van der Waals surface area contributed by atoms with Crippen LogP contribution in [0, 0.1) is 5.92 Å². The Labute approximate surface area is 193 Å². The highest BCUT2D eigenvalue weighted by atomic mass is 19.3. The van der Waals surface area contributed by atoms with Crippen LogP contribution in [0.4, 0.5) is 8.78 Å². The first-order valence-electron chi connectivity index (χ1n) is 11.0. The molecule has 0 unspecified atom stereocenters. The van der Waals surface area contributed by atoms with E-state index in [9.17, 15) is 18.7 Å². The third-order valence-electron chi connectivity index (χ3n) is 6.22. The third-order valence-corrected chi connectivity index (χ3v) is 6.22. The Kier molecular flexibility index (Phi) is 6.21. The number of alkyl halides is 2. The lowest BCUT2D eigenvalue weighted by molar-refractivity contribution is -0.0528. The zero-order chi connectivity index (χ0) is 23.7. The van der Waals surface area contributed by atoms with Gasteiger partial charge in [0.15, 0.2) is 0 Å². The lowest BCUT2D eigenvalue weighted by atomic mass is 9.96. The summed E-state index contributed by atoms with van der Waals surface area (Å²) in [6.45, 7) is -1.74. The van der Waals surface area contributed by atoms with Gasteiger partial charge in [-0.1, -0.05) is 30.3 Å². The van der Waals surface area contributed by atoms with E-state index < -0.39 is 12.7 Å². The first-order chi connectivity index (χ1) is 16.5. The van der Waals surface area contributed by atoms with Crippen molar-refractivity contribution in [1.82, 2.24) is 14.5 Å². The topological polar surface area (TPSA) is 86.5 Å². The Morgan fingerprint density at radius 3 is 2.71 bits per heavy atom. The number of nitrogens with zero attached hydrogens (tertiary/aromatic N) is 3. The van der Waals surface area contributed by atoms with Crippen LogP contribution in [0.25, 0.3) is 21.7 Å². The van der Waals surface area contributed by atoms with Crippen molar-refractivity contribution in [2.45, 2.75) is 32.1 Å². The lowest BCUT2D eigenvalue weighted by Crippen LogP contribution is -2.37. The summed E-state index contributed by atoms with van der Waals surface area (Å²) < 4.78 is 36.0. The standard InChI is InChI=1S/C25H23F2N3O4/c26-25(27)34-22-6-5-15(11-28-22)9-17-10-20-23(19-4-2-1-3-18(17)19)29-14-30(24(20)32)12-16-7-8-33-13-21(16)31/h1-6,10-11,14,16,21,25,31H,7-9,12-13H2/t16-,21+/m1/s1. The monoisotopic (exact) mass is 467 g/mol. The van der Waals surface area contributed by atoms with Gasteiger partial charge in [0.1, 0.15) is 0 Å². The SMILES string of the molecule is O=c1c2cc(Cc3ccc(OC(F)F)nc3)c3ccccc3c2ncn1C[C@H]1CCOC[C@@H]1O. The zero-order valence-electron chi connectivity index (χ0n) is 18.2. The van der Waals surface area contributed by atoms with Crippen LogP contribution in [0.15, 0.2) is 59.8 Å². The third kappa shape index (κ3) is 4.49. The van der Waals surface area contributed by atoms with E-state index in [-0.39, 0.29) is 24.0 Å². The zero-order valence-corrected chi connectivity index (χ0v) is 18.2. The molecule has 2 aromatic heterocycles. The molecule has 7 nitrogen and oxygen atoms in total. The fourth-order valence-electron chi connectivity index (χ4n) is 4.48. The quantitative estimate of drug-likeness (QED) is 0.437. The summed E-state index contributed by atoms with van der Waals surface area (Å²) in [5.41, 5.74) is 2.14. The Bertz CT molecular complexity index is 1370. The minimum Gasteiger partial charge on any atom is -0.417 e. The largest absolute Gasteiger partial charge is 0.417 e. The summed E-state index contributed by atoms with van der Waals surface area (Å²) >= 11 is 0. The summed E-state index contributed by atoms with van der Waals surface area (Å²) in [4.78, 5) is 22.0. The van der Waals surface area contributed by atoms with Gasteiger partial charge in [0.2, 0.25) is 5.88 Å². The number of hydrogen-bond donors (Lipinski definition) is 1. The smallest absolute Gasteiger partial charge is 0.388 e. The number of rotatable bonds is 6. The van der Waals surface area contributed by atoms with Gasteiger partial charge in [0, 0.05) is 36.7 Å². The second-order valence-corrected chi connectivity index (χ2v) is 8.43. The molecule has 5 rings (SSSR count). The van der Waals surface area contributed by atoms with Crippen molar-refractivity contribution >= 4 is 21.7 Å². The number of pyridine rings is 1. The molecule has 2 atom stereocenters. The van der Waals surface area contributed by atoms with E-state index in [1.165, 1.54) is 12.3 Å². The fourth-order valence-corrected chi connectivity index (χ4v) is 4.48. The molecule has 1 aliphatic rings. The molecule has 1 N–H and O–H groups in total. The molecule has 176 valence electrons. The number of halogens is 2. The molecular formula is C25H23F2N3O4. The van der Waals surface area contributed by atoms with Crippen molar-refractivity contribution in [3.05, 3.63) is 76.5 Å². The molecule has 4 aromatic rings. The normalized spacial score (nSPS) is 18.6. The Morgan fingerprint density at radius 1 is 1.15 bits per heavy atom. The van der Waals surface area contributed by atoms with E-state index in [2.05, 4.69) is 14.7 Å². The van der Waals surface area contributed by atoms with Crippen LogP contribution in [-0.2, 0) is 17.7 Å². The molecule has 0 spiro atoms. The molecule has 9 heteroatoms. The first-order valence-corrected chi connectivity index (χ1v) is 11.0. The van der Waals surface area contributed by atoms with E-state index in [1.54, 1.807) is 17.0 Å². The summed E-state index contributed by atoms with van der Waals surface area (Å²) in [7, 11) is 0. The van der Waals surface area contributed by atoms with Crippen molar-refractivity contribution in [2.24, 2.45) is 5.92 Å². The van der Waals surface area contributed by atoms with Crippen molar-refractivity contribution in [3.63, 3.8) is 0 Å². The van der Waals surface area contributed by atoms with Crippen molar-refractivity contribution in [3.8, 4) is 5.88 Å². The molecule has 1 saturated heterocycles. The minimum absolute atomic E-state index is 0.0781. The predicted molar refractivity (Wildman–Crippen MR) is 122 cm³/mol. The van der Waals surface area contributed by atoms with Crippen molar-refractivity contribution in [2.75, 3.05) is 13.2 Å². The van der Waals surface area contributed by atoms with Gasteiger partial charge >= 0.3 is 6.61 Å². The summed E-state index contributed by atoms with van der Waals surface area (Å²) in [6, 6.07) is 12.6. The molecule has 0 saturated carbocycles. The maximum atomic E-state index is 13.4. The second kappa shape index (κ2) is 9.44. The van der Waals surface area contributed by atoms with E-state index in [4.69, 9.17) is 4.74 Å². The van der Waals surface area contributed by atoms with Crippen LogP contribution in [0.1, 0.15) is 17.5 Å². The van der Waals surface area contributed by atoms with Gasteiger partial charge < -0.3 is 14.6 Å². The number of ether oxygens (including phenoxy) is 2. The number of benzene rings is 2. The number of aromatic nitrogens is 3. The number of fused-ring (bicyclic) bond motifs is 3. The molecule has 2 aromatic carbocycles. The van der Waals surface area contributed by atoms with Crippen LogP contribution in [0.3, 0.4) is 0 Å². The molecule has 34 heavy (non-hydrogen) atoms. The second-order valence-electron chi connectivity index (χ2n) is 8.43. The Morgan fingerprint density at radius 2 is 1.97 bits per heavy atom. The highest BCUT2D eigenvalue weighted by Gasteiger charge is 2.25. The number of hydrogen-bond acceptors (Lipinski definition) is 6. The average molecular weight is 467 g/mol. The molecule has 1 fully saturated rings. The minimum atomic E-state index is -2.93. The van der Waals surface area contributed by atoms with Gasteiger partial charge in [-0.05, 0) is 35.4 Å². The van der Waals surface area contributed by atoms with Crippen molar-refractivity contribution < 1.29 is 23.4 Å². The molecule has 0 radical (unpaired) electrons. The van der Waals surface area contributed by atoms with Gasteiger partial charge in [0.25, 0.3) is 5.56 Å². The highest BCUT2D eigenvalue weighted by Crippen LogP contribution is 2.28. The summed E-state index contributed by atoms with van der Waals surface area (Å²) in [5.74, 6) is -0.227. The van der Waals surface area contributed by atoms with Crippen LogP contribution < -0.4 is 10.3 Å². The molecule has 0 bridgehead atoms. The average Bonchev–Trinajstić information content (AvgIpc) is 2.83. The van der Waals surface area contributed by atoms with Gasteiger partial charge in [-0.25, -0.2) is 9.97 Å². The molecule has 1 aliphatic heterocycles. The van der Waals surface area contributed by atoms with Crippen LogP contribution in [-0.4, -0.2) is 45.6 Å². The summed E-state index contributed by atoms with van der Waals surface area (Å²) in [5, 5.41) is 12.5. The molecule has 0 aliphatic carbocycles. The highest BCUT2D eigenvalue weighted by molar-refractivity contribution is 6.06. The first kappa shape index (κ1) is 22.4.